The number of hydrogen-bond donors (Lipinski definition) is 1. The van der Waals surface area contributed by atoms with Crippen molar-refractivity contribution in [2.75, 3.05) is 37.8 Å². The zero-order chi connectivity index (χ0) is 20.7. The predicted octanol–water partition coefficient (Wildman–Crippen LogP) is 3.37. The van der Waals surface area contributed by atoms with Crippen LogP contribution in [0.15, 0.2) is 47.4 Å². The quantitative estimate of drug-likeness (QED) is 0.693. The molecule has 0 aliphatic rings. The first-order chi connectivity index (χ1) is 13.2. The van der Waals surface area contributed by atoms with Crippen molar-refractivity contribution < 1.29 is 17.9 Å². The van der Waals surface area contributed by atoms with E-state index in [1.54, 1.807) is 37.3 Å². The molecule has 2 aromatic rings. The van der Waals surface area contributed by atoms with Gasteiger partial charge in [0.15, 0.2) is 9.84 Å². The Hall–Kier alpha value is -2.38. The Morgan fingerprint density at radius 1 is 1.07 bits per heavy atom. The number of ether oxygens (including phenoxy) is 1. The first kappa shape index (κ1) is 21.9. The van der Waals surface area contributed by atoms with E-state index in [1.165, 1.54) is 12.1 Å². The van der Waals surface area contributed by atoms with Gasteiger partial charge in [0, 0.05) is 24.1 Å². The number of benzene rings is 2. The summed E-state index contributed by atoms with van der Waals surface area (Å²) in [5, 5.41) is 2.80. The number of hydrogen-bond acceptors (Lipinski definition) is 5. The third kappa shape index (κ3) is 6.07. The molecule has 0 saturated heterocycles. The number of amides is 1. The zero-order valence-corrected chi connectivity index (χ0v) is 17.7. The van der Waals surface area contributed by atoms with E-state index in [4.69, 9.17) is 4.74 Å². The summed E-state index contributed by atoms with van der Waals surface area (Å²) < 4.78 is 29.2. The molecule has 152 valence electrons. The molecule has 0 heterocycles. The van der Waals surface area contributed by atoms with Gasteiger partial charge in [-0.1, -0.05) is 19.9 Å². The third-order valence-electron chi connectivity index (χ3n) is 4.56. The lowest BCUT2D eigenvalue weighted by atomic mass is 10.1. The highest BCUT2D eigenvalue weighted by Gasteiger charge is 2.14. The van der Waals surface area contributed by atoms with Crippen LogP contribution in [0.1, 0.15) is 29.8 Å². The molecule has 0 aliphatic heterocycles. The van der Waals surface area contributed by atoms with Crippen LogP contribution in [-0.2, 0) is 9.84 Å². The van der Waals surface area contributed by atoms with Crippen molar-refractivity contribution in [3.8, 4) is 5.75 Å². The molecule has 0 atom stereocenters. The number of sulfone groups is 1. The van der Waals surface area contributed by atoms with E-state index in [9.17, 15) is 13.2 Å². The molecule has 0 aliphatic carbocycles. The second kappa shape index (κ2) is 9.71. The fourth-order valence-corrected chi connectivity index (χ4v) is 3.39. The lowest BCUT2D eigenvalue weighted by molar-refractivity contribution is 0.102. The molecular formula is C21H28N2O4S. The van der Waals surface area contributed by atoms with Crippen molar-refractivity contribution in [3.05, 3.63) is 53.6 Å². The molecule has 0 aromatic heterocycles. The molecule has 6 nitrogen and oxygen atoms in total. The Bertz CT molecular complexity index is 905. The van der Waals surface area contributed by atoms with E-state index in [0.29, 0.717) is 23.4 Å². The summed E-state index contributed by atoms with van der Waals surface area (Å²) in [6, 6.07) is 11.7. The van der Waals surface area contributed by atoms with Crippen LogP contribution in [0.4, 0.5) is 5.69 Å². The van der Waals surface area contributed by atoms with Crippen molar-refractivity contribution in [2.45, 2.75) is 25.7 Å². The zero-order valence-electron chi connectivity index (χ0n) is 16.9. The highest BCUT2D eigenvalue weighted by atomic mass is 32.2. The van der Waals surface area contributed by atoms with Gasteiger partial charge in [-0.3, -0.25) is 4.79 Å². The van der Waals surface area contributed by atoms with Gasteiger partial charge in [-0.2, -0.15) is 0 Å². The van der Waals surface area contributed by atoms with Crippen LogP contribution in [0, 0.1) is 6.92 Å². The molecule has 0 saturated carbocycles. The fraction of sp³-hybridized carbons (Fsp3) is 0.381. The van der Waals surface area contributed by atoms with Crippen molar-refractivity contribution in [2.24, 2.45) is 0 Å². The van der Waals surface area contributed by atoms with E-state index < -0.39 is 9.84 Å². The van der Waals surface area contributed by atoms with Crippen LogP contribution in [0.2, 0.25) is 0 Å². The molecule has 7 heteroatoms. The highest BCUT2D eigenvalue weighted by Crippen LogP contribution is 2.19. The lowest BCUT2D eigenvalue weighted by Crippen LogP contribution is -2.27. The van der Waals surface area contributed by atoms with E-state index in [2.05, 4.69) is 24.1 Å². The summed E-state index contributed by atoms with van der Waals surface area (Å²) in [5.41, 5.74) is 1.66. The largest absolute Gasteiger partial charge is 0.492 e. The fourth-order valence-electron chi connectivity index (χ4n) is 2.74. The van der Waals surface area contributed by atoms with Gasteiger partial charge in [-0.15, -0.1) is 0 Å². The Labute approximate surface area is 167 Å². The van der Waals surface area contributed by atoms with Crippen LogP contribution >= 0.6 is 0 Å². The Morgan fingerprint density at radius 3 is 2.29 bits per heavy atom. The number of aryl methyl sites for hydroxylation is 1. The van der Waals surface area contributed by atoms with Crippen molar-refractivity contribution in [1.29, 1.82) is 0 Å². The van der Waals surface area contributed by atoms with E-state index in [1.807, 2.05) is 0 Å². The lowest BCUT2D eigenvalue weighted by Gasteiger charge is -2.18. The van der Waals surface area contributed by atoms with Gasteiger partial charge in [0.25, 0.3) is 5.91 Å². The molecular weight excluding hydrogens is 376 g/mol. The van der Waals surface area contributed by atoms with Gasteiger partial charge in [-0.25, -0.2) is 8.42 Å². The average Bonchev–Trinajstić information content (AvgIpc) is 2.66. The van der Waals surface area contributed by atoms with Crippen molar-refractivity contribution in [1.82, 2.24) is 4.90 Å². The average molecular weight is 405 g/mol. The normalized spacial score (nSPS) is 11.5. The molecule has 0 unspecified atom stereocenters. The van der Waals surface area contributed by atoms with Gasteiger partial charge in [0.2, 0.25) is 0 Å². The maximum atomic E-state index is 12.6. The first-order valence-corrected chi connectivity index (χ1v) is 11.2. The predicted molar refractivity (Wildman–Crippen MR) is 112 cm³/mol. The number of nitrogens with zero attached hydrogens (tertiary/aromatic N) is 1. The van der Waals surface area contributed by atoms with Gasteiger partial charge in [0.05, 0.1) is 4.90 Å². The topological polar surface area (TPSA) is 75.7 Å². The van der Waals surface area contributed by atoms with E-state index in [-0.39, 0.29) is 10.8 Å². The maximum Gasteiger partial charge on any atom is 0.255 e. The number of carbonyl (C=O) groups excluding carboxylic acids is 1. The van der Waals surface area contributed by atoms with Crippen LogP contribution in [-0.4, -0.2) is 51.7 Å². The number of anilines is 1. The van der Waals surface area contributed by atoms with Crippen LogP contribution in [0.25, 0.3) is 0 Å². The Balaban J connectivity index is 2.01. The Kier molecular flexibility index (Phi) is 7.60. The minimum Gasteiger partial charge on any atom is -0.492 e. The summed E-state index contributed by atoms with van der Waals surface area (Å²) in [5.74, 6) is 0.388. The summed E-state index contributed by atoms with van der Waals surface area (Å²) in [6.07, 6.45) is 1.12. The van der Waals surface area contributed by atoms with Crippen molar-refractivity contribution >= 4 is 21.4 Å². The molecule has 2 aromatic carbocycles. The summed E-state index contributed by atoms with van der Waals surface area (Å²) in [6.45, 7) is 9.46. The SMILES string of the molecule is CCN(CC)CCOc1ccc(NC(=O)c2cc(S(C)(=O)=O)ccc2C)cc1. The maximum absolute atomic E-state index is 12.6. The molecule has 2 rings (SSSR count). The molecule has 0 radical (unpaired) electrons. The Morgan fingerprint density at radius 2 is 1.71 bits per heavy atom. The van der Waals surface area contributed by atoms with Gasteiger partial charge in [0.1, 0.15) is 12.4 Å². The molecule has 28 heavy (non-hydrogen) atoms. The third-order valence-corrected chi connectivity index (χ3v) is 5.67. The highest BCUT2D eigenvalue weighted by molar-refractivity contribution is 7.90. The second-order valence-corrected chi connectivity index (χ2v) is 8.62. The van der Waals surface area contributed by atoms with Crippen LogP contribution in [0.3, 0.4) is 0 Å². The van der Waals surface area contributed by atoms with E-state index in [0.717, 1.165) is 31.6 Å². The molecule has 1 N–H and O–H groups in total. The van der Waals surface area contributed by atoms with Gasteiger partial charge < -0.3 is 15.0 Å². The van der Waals surface area contributed by atoms with Gasteiger partial charge in [-0.05, 0) is 62.0 Å². The first-order valence-electron chi connectivity index (χ1n) is 9.31. The second-order valence-electron chi connectivity index (χ2n) is 6.60. The molecule has 0 bridgehead atoms. The summed E-state index contributed by atoms with van der Waals surface area (Å²) in [4.78, 5) is 15.0. The van der Waals surface area contributed by atoms with E-state index >= 15 is 0 Å². The monoisotopic (exact) mass is 404 g/mol. The molecule has 1 amide bonds. The molecule has 0 fully saturated rings. The number of nitrogens with one attached hydrogen (secondary N) is 1. The number of likely N-dealkylation sites (N-methyl/N-ethyl adjacent to an activating group) is 1. The van der Waals surface area contributed by atoms with Gasteiger partial charge >= 0.3 is 0 Å². The van der Waals surface area contributed by atoms with Crippen LogP contribution in [0.5, 0.6) is 5.75 Å². The summed E-state index contributed by atoms with van der Waals surface area (Å²) >= 11 is 0. The minimum atomic E-state index is -3.37. The minimum absolute atomic E-state index is 0.125. The van der Waals surface area contributed by atoms with Crippen LogP contribution < -0.4 is 10.1 Å². The smallest absolute Gasteiger partial charge is 0.255 e. The number of carbonyl (C=O) groups is 1. The van der Waals surface area contributed by atoms with Crippen molar-refractivity contribution in [3.63, 3.8) is 0 Å². The molecule has 0 spiro atoms. The standard InChI is InChI=1S/C21H28N2O4S/c1-5-23(6-2)13-14-27-18-10-8-17(9-11-18)22-21(24)20-15-19(28(4,25)26)12-7-16(20)3/h7-12,15H,5-6,13-14H2,1-4H3,(H,22,24). The summed E-state index contributed by atoms with van der Waals surface area (Å²) in [7, 11) is -3.37. The number of rotatable bonds is 9.